The Morgan fingerprint density at radius 3 is 2.72 bits per heavy atom. The van der Waals surface area contributed by atoms with Crippen molar-refractivity contribution in [1.29, 1.82) is 0 Å². The van der Waals surface area contributed by atoms with Gasteiger partial charge in [0.2, 0.25) is 5.91 Å². The lowest BCUT2D eigenvalue weighted by atomic mass is 10.2. The minimum Gasteiger partial charge on any atom is -0.478 e. The third-order valence-corrected chi connectivity index (χ3v) is 4.52. The standard InChI is InChI=1S/C16H10Cl2N2O4S/c17-9-2-3-11(10(18)6-9)19-14(21)7-25-16-20-12-5-8(15(22)23)1-4-13(12)24-16/h1-6H,7H2,(H,19,21)(H,22,23). The molecule has 9 heteroatoms. The Morgan fingerprint density at radius 1 is 1.20 bits per heavy atom. The average molecular weight is 397 g/mol. The molecule has 0 spiro atoms. The Morgan fingerprint density at radius 2 is 2.00 bits per heavy atom. The topological polar surface area (TPSA) is 92.4 Å². The second-order valence-electron chi connectivity index (χ2n) is 4.93. The number of fused-ring (bicyclic) bond motifs is 1. The number of aromatic nitrogens is 1. The number of carbonyl (C=O) groups excluding carboxylic acids is 1. The SMILES string of the molecule is O=C(CSc1nc2cc(C(=O)O)ccc2o1)Nc1ccc(Cl)cc1Cl. The molecular formula is C16H10Cl2N2O4S. The van der Waals surface area contributed by atoms with E-state index >= 15 is 0 Å². The molecule has 2 N–H and O–H groups in total. The van der Waals surface area contributed by atoms with Crippen molar-refractivity contribution in [2.24, 2.45) is 0 Å². The number of oxazole rings is 1. The second kappa shape index (κ2) is 7.35. The van der Waals surface area contributed by atoms with Gasteiger partial charge in [-0.1, -0.05) is 35.0 Å². The van der Waals surface area contributed by atoms with E-state index in [0.717, 1.165) is 11.8 Å². The molecule has 6 nitrogen and oxygen atoms in total. The Hall–Kier alpha value is -2.22. The maximum Gasteiger partial charge on any atom is 0.335 e. The van der Waals surface area contributed by atoms with Crippen LogP contribution in [0.3, 0.4) is 0 Å². The number of halogens is 2. The number of anilines is 1. The van der Waals surface area contributed by atoms with E-state index < -0.39 is 5.97 Å². The van der Waals surface area contributed by atoms with Crippen molar-refractivity contribution in [3.05, 3.63) is 52.0 Å². The molecule has 1 heterocycles. The van der Waals surface area contributed by atoms with Gasteiger partial charge in [0.05, 0.1) is 22.0 Å². The van der Waals surface area contributed by atoms with Crippen molar-refractivity contribution < 1.29 is 19.1 Å². The predicted molar refractivity (Wildman–Crippen MR) is 96.8 cm³/mol. The number of carbonyl (C=O) groups is 2. The molecule has 3 rings (SSSR count). The van der Waals surface area contributed by atoms with E-state index in [2.05, 4.69) is 10.3 Å². The first kappa shape index (κ1) is 17.6. The highest BCUT2D eigenvalue weighted by molar-refractivity contribution is 7.99. The zero-order valence-electron chi connectivity index (χ0n) is 12.5. The van der Waals surface area contributed by atoms with E-state index in [0.29, 0.717) is 26.8 Å². The number of amides is 1. The fraction of sp³-hybridized carbons (Fsp3) is 0.0625. The molecule has 0 saturated carbocycles. The number of carboxylic acid groups (broad SMARTS) is 1. The van der Waals surface area contributed by atoms with Crippen LogP contribution < -0.4 is 5.32 Å². The largest absolute Gasteiger partial charge is 0.478 e. The first-order valence-electron chi connectivity index (χ1n) is 6.94. The maximum atomic E-state index is 12.0. The van der Waals surface area contributed by atoms with Gasteiger partial charge >= 0.3 is 5.97 Å². The first-order chi connectivity index (χ1) is 11.9. The summed E-state index contributed by atoms with van der Waals surface area (Å²) >= 11 is 12.9. The van der Waals surface area contributed by atoms with Gasteiger partial charge in [0, 0.05) is 5.02 Å². The lowest BCUT2D eigenvalue weighted by Crippen LogP contribution is -2.14. The van der Waals surface area contributed by atoms with E-state index in [1.165, 1.54) is 24.3 Å². The van der Waals surface area contributed by atoms with Gasteiger partial charge in [-0.25, -0.2) is 9.78 Å². The molecule has 128 valence electrons. The Bertz CT molecular complexity index is 974. The predicted octanol–water partition coefficient (Wildman–Crippen LogP) is 4.56. The van der Waals surface area contributed by atoms with Crippen molar-refractivity contribution in [2.45, 2.75) is 5.22 Å². The van der Waals surface area contributed by atoms with Gasteiger partial charge in [-0.2, -0.15) is 0 Å². The molecule has 0 atom stereocenters. The van der Waals surface area contributed by atoms with Crippen LogP contribution in [0.4, 0.5) is 5.69 Å². The number of thioether (sulfide) groups is 1. The van der Waals surface area contributed by atoms with Gasteiger partial charge in [-0.15, -0.1) is 0 Å². The number of benzene rings is 2. The van der Waals surface area contributed by atoms with E-state index in [9.17, 15) is 9.59 Å². The molecule has 0 saturated heterocycles. The third kappa shape index (κ3) is 4.25. The van der Waals surface area contributed by atoms with Crippen LogP contribution in [0.1, 0.15) is 10.4 Å². The summed E-state index contributed by atoms with van der Waals surface area (Å²) in [6.45, 7) is 0. The highest BCUT2D eigenvalue weighted by Crippen LogP contribution is 2.27. The number of nitrogens with zero attached hydrogens (tertiary/aromatic N) is 1. The third-order valence-electron chi connectivity index (χ3n) is 3.15. The van der Waals surface area contributed by atoms with E-state index in [-0.39, 0.29) is 22.4 Å². The van der Waals surface area contributed by atoms with Crippen LogP contribution in [0.15, 0.2) is 46.0 Å². The summed E-state index contributed by atoms with van der Waals surface area (Å²) < 4.78 is 5.48. The fourth-order valence-corrected chi connectivity index (χ4v) is 3.10. The van der Waals surface area contributed by atoms with Crippen LogP contribution >= 0.6 is 35.0 Å². The van der Waals surface area contributed by atoms with E-state index in [1.807, 2.05) is 0 Å². The average Bonchev–Trinajstić information content (AvgIpc) is 2.97. The van der Waals surface area contributed by atoms with Crippen LogP contribution in [-0.4, -0.2) is 27.7 Å². The van der Waals surface area contributed by atoms with Crippen LogP contribution in [-0.2, 0) is 4.79 Å². The van der Waals surface area contributed by atoms with Gasteiger partial charge in [0.15, 0.2) is 5.58 Å². The molecule has 0 radical (unpaired) electrons. The number of hydrogen-bond acceptors (Lipinski definition) is 5. The van der Waals surface area contributed by atoms with Crippen LogP contribution in [0.25, 0.3) is 11.1 Å². The molecule has 0 aliphatic carbocycles. The smallest absolute Gasteiger partial charge is 0.335 e. The summed E-state index contributed by atoms with van der Waals surface area (Å²) in [5, 5.41) is 12.7. The normalized spacial score (nSPS) is 10.8. The second-order valence-corrected chi connectivity index (χ2v) is 6.70. The minimum atomic E-state index is -1.04. The first-order valence-corrected chi connectivity index (χ1v) is 8.68. The zero-order chi connectivity index (χ0) is 18.0. The van der Waals surface area contributed by atoms with Crippen molar-refractivity contribution in [3.8, 4) is 0 Å². The quantitative estimate of drug-likeness (QED) is 0.613. The summed E-state index contributed by atoms with van der Waals surface area (Å²) in [6.07, 6.45) is 0. The minimum absolute atomic E-state index is 0.0531. The Kier molecular flexibility index (Phi) is 5.17. The molecule has 0 unspecified atom stereocenters. The Balaban J connectivity index is 1.65. The fourth-order valence-electron chi connectivity index (χ4n) is 2.01. The van der Waals surface area contributed by atoms with Gasteiger partial charge in [-0.3, -0.25) is 4.79 Å². The van der Waals surface area contributed by atoms with E-state index in [4.69, 9.17) is 32.7 Å². The lowest BCUT2D eigenvalue weighted by molar-refractivity contribution is -0.113. The van der Waals surface area contributed by atoms with Crippen molar-refractivity contribution >= 4 is 63.6 Å². The molecule has 0 aliphatic rings. The zero-order valence-corrected chi connectivity index (χ0v) is 14.8. The molecule has 0 fully saturated rings. The van der Waals surface area contributed by atoms with Crippen molar-refractivity contribution in [2.75, 3.05) is 11.1 Å². The summed E-state index contributed by atoms with van der Waals surface area (Å²) in [5.41, 5.74) is 1.45. The number of carboxylic acids is 1. The number of aromatic carboxylic acids is 1. The Labute approximate surface area is 156 Å². The molecule has 1 amide bonds. The van der Waals surface area contributed by atoms with Crippen molar-refractivity contribution in [1.82, 2.24) is 4.98 Å². The van der Waals surface area contributed by atoms with Crippen molar-refractivity contribution in [3.63, 3.8) is 0 Å². The van der Waals surface area contributed by atoms with Crippen LogP contribution in [0, 0.1) is 0 Å². The maximum absolute atomic E-state index is 12.0. The summed E-state index contributed by atoms with van der Waals surface area (Å²) in [4.78, 5) is 27.1. The monoisotopic (exact) mass is 396 g/mol. The van der Waals surface area contributed by atoms with Gasteiger partial charge in [0.1, 0.15) is 5.52 Å². The number of rotatable bonds is 5. The van der Waals surface area contributed by atoms with Crippen LogP contribution in [0.2, 0.25) is 10.0 Å². The van der Waals surface area contributed by atoms with Crippen LogP contribution in [0.5, 0.6) is 0 Å². The van der Waals surface area contributed by atoms with E-state index in [1.54, 1.807) is 12.1 Å². The molecule has 2 aromatic carbocycles. The van der Waals surface area contributed by atoms with Gasteiger partial charge in [-0.05, 0) is 36.4 Å². The summed E-state index contributed by atoms with van der Waals surface area (Å²) in [6, 6.07) is 9.14. The highest BCUT2D eigenvalue weighted by atomic mass is 35.5. The molecule has 25 heavy (non-hydrogen) atoms. The van der Waals surface area contributed by atoms with Gasteiger partial charge < -0.3 is 14.8 Å². The molecule has 0 bridgehead atoms. The number of hydrogen-bond donors (Lipinski definition) is 2. The lowest BCUT2D eigenvalue weighted by Gasteiger charge is -2.06. The summed E-state index contributed by atoms with van der Waals surface area (Å²) in [5.74, 6) is -1.28. The molecular weight excluding hydrogens is 387 g/mol. The number of nitrogens with one attached hydrogen (secondary N) is 1. The molecule has 1 aromatic heterocycles. The van der Waals surface area contributed by atoms with Gasteiger partial charge in [0.25, 0.3) is 5.22 Å². The molecule has 0 aliphatic heterocycles. The summed E-state index contributed by atoms with van der Waals surface area (Å²) in [7, 11) is 0. The molecule has 3 aromatic rings. The highest BCUT2D eigenvalue weighted by Gasteiger charge is 2.12.